The summed E-state index contributed by atoms with van der Waals surface area (Å²) in [5, 5.41) is 0.837. The highest BCUT2D eigenvalue weighted by molar-refractivity contribution is 7.19. The summed E-state index contributed by atoms with van der Waals surface area (Å²) < 4.78 is 15.6. The minimum Gasteiger partial charge on any atom is -0.492 e. The fraction of sp³-hybridized carbons (Fsp3) is 0.615. The molecule has 1 heterocycles. The van der Waals surface area contributed by atoms with Gasteiger partial charge in [0.2, 0.25) is 0 Å². The van der Waals surface area contributed by atoms with Crippen molar-refractivity contribution in [2.75, 3.05) is 58.3 Å². The number of nitrogens with zero attached hydrogens (tertiary/aromatic N) is 1. The lowest BCUT2D eigenvalue weighted by Gasteiger charge is -2.23. The van der Waals surface area contributed by atoms with Gasteiger partial charge in [0.25, 0.3) is 0 Å². The molecule has 0 amide bonds. The van der Waals surface area contributed by atoms with Gasteiger partial charge in [0.1, 0.15) is 5.00 Å². The van der Waals surface area contributed by atoms with Crippen molar-refractivity contribution in [3.05, 3.63) is 4.88 Å². The number of ketones is 1. The van der Waals surface area contributed by atoms with Crippen LogP contribution in [0.4, 0.5) is 10.7 Å². The largest absolute Gasteiger partial charge is 0.492 e. The van der Waals surface area contributed by atoms with Gasteiger partial charge >= 0.3 is 0 Å². The van der Waals surface area contributed by atoms with Gasteiger partial charge in [-0.2, -0.15) is 0 Å². The SMILES string of the molecule is COCCN(CCOC)c1sc(C(C)=O)c(N)c1OC. The molecular weight excluding hydrogens is 280 g/mol. The Morgan fingerprint density at radius 1 is 1.20 bits per heavy atom. The average molecular weight is 302 g/mol. The lowest BCUT2D eigenvalue weighted by molar-refractivity contribution is 0.102. The van der Waals surface area contributed by atoms with Crippen molar-refractivity contribution in [1.29, 1.82) is 0 Å². The van der Waals surface area contributed by atoms with E-state index in [0.29, 0.717) is 42.6 Å². The number of carbonyl (C=O) groups is 1. The number of thiophene rings is 1. The molecular formula is C13H22N2O4S. The summed E-state index contributed by atoms with van der Waals surface area (Å²) in [5.74, 6) is 0.489. The Morgan fingerprint density at radius 3 is 2.15 bits per heavy atom. The summed E-state index contributed by atoms with van der Waals surface area (Å²) in [6, 6.07) is 0. The average Bonchev–Trinajstić information content (AvgIpc) is 2.76. The normalized spacial score (nSPS) is 10.6. The summed E-state index contributed by atoms with van der Waals surface area (Å²) in [7, 11) is 4.85. The number of hydrogen-bond acceptors (Lipinski definition) is 7. The lowest BCUT2D eigenvalue weighted by atomic mass is 10.3. The number of nitrogens with two attached hydrogens (primary N) is 1. The minimum absolute atomic E-state index is 0.0597. The van der Waals surface area contributed by atoms with E-state index < -0.39 is 0 Å². The Balaban J connectivity index is 3.10. The number of hydrogen-bond donors (Lipinski definition) is 1. The van der Waals surface area contributed by atoms with Crippen LogP contribution in [0.5, 0.6) is 5.75 Å². The molecule has 0 saturated carbocycles. The smallest absolute Gasteiger partial charge is 0.177 e. The number of anilines is 2. The zero-order valence-corrected chi connectivity index (χ0v) is 13.2. The monoisotopic (exact) mass is 302 g/mol. The molecule has 1 aromatic heterocycles. The molecule has 0 saturated heterocycles. The van der Waals surface area contributed by atoms with E-state index in [2.05, 4.69) is 4.90 Å². The Morgan fingerprint density at radius 2 is 1.75 bits per heavy atom. The maximum atomic E-state index is 11.6. The van der Waals surface area contributed by atoms with Crippen LogP contribution in [-0.2, 0) is 9.47 Å². The van der Waals surface area contributed by atoms with Gasteiger partial charge in [0.05, 0.1) is 30.9 Å². The minimum atomic E-state index is -0.0597. The molecule has 20 heavy (non-hydrogen) atoms. The second-order valence-electron chi connectivity index (χ2n) is 4.21. The molecule has 0 spiro atoms. The van der Waals surface area contributed by atoms with Crippen molar-refractivity contribution in [3.63, 3.8) is 0 Å². The first-order chi connectivity index (χ1) is 9.56. The molecule has 0 atom stereocenters. The third-order valence-corrected chi connectivity index (χ3v) is 4.17. The van der Waals surface area contributed by atoms with Crippen molar-refractivity contribution in [3.8, 4) is 5.75 Å². The quantitative estimate of drug-likeness (QED) is 0.699. The van der Waals surface area contributed by atoms with Gasteiger partial charge in [-0.15, -0.1) is 11.3 Å². The molecule has 0 radical (unpaired) electrons. The highest BCUT2D eigenvalue weighted by atomic mass is 32.1. The predicted octanol–water partition coefficient (Wildman–Crippen LogP) is 1.64. The number of carbonyl (C=O) groups excluding carboxylic acids is 1. The number of nitrogen functional groups attached to an aromatic ring is 1. The third kappa shape index (κ3) is 3.84. The molecule has 1 aromatic rings. The van der Waals surface area contributed by atoms with Crippen LogP contribution in [0, 0.1) is 0 Å². The van der Waals surface area contributed by atoms with E-state index in [4.69, 9.17) is 19.9 Å². The first-order valence-corrected chi connectivity index (χ1v) is 7.08. The van der Waals surface area contributed by atoms with Gasteiger partial charge in [-0.05, 0) is 0 Å². The van der Waals surface area contributed by atoms with E-state index in [1.807, 2.05) is 0 Å². The fourth-order valence-corrected chi connectivity index (χ4v) is 2.94. The molecule has 0 fully saturated rings. The summed E-state index contributed by atoms with van der Waals surface area (Å²) in [4.78, 5) is 14.2. The third-order valence-electron chi connectivity index (χ3n) is 2.82. The van der Waals surface area contributed by atoms with E-state index in [0.717, 1.165) is 5.00 Å². The molecule has 0 aromatic carbocycles. The fourth-order valence-electron chi connectivity index (χ4n) is 1.80. The van der Waals surface area contributed by atoms with Crippen LogP contribution in [0.25, 0.3) is 0 Å². The predicted molar refractivity (Wildman–Crippen MR) is 81.3 cm³/mol. The molecule has 0 unspecified atom stereocenters. The van der Waals surface area contributed by atoms with E-state index >= 15 is 0 Å². The molecule has 1 rings (SSSR count). The zero-order chi connectivity index (χ0) is 15.1. The van der Waals surface area contributed by atoms with Gasteiger partial charge < -0.3 is 24.8 Å². The number of methoxy groups -OCH3 is 3. The van der Waals surface area contributed by atoms with Gasteiger partial charge in [-0.25, -0.2) is 0 Å². The highest BCUT2D eigenvalue weighted by Crippen LogP contribution is 2.44. The van der Waals surface area contributed by atoms with Crippen LogP contribution < -0.4 is 15.4 Å². The topological polar surface area (TPSA) is 74.0 Å². The molecule has 0 aliphatic carbocycles. The van der Waals surface area contributed by atoms with Crippen molar-refractivity contribution in [1.82, 2.24) is 0 Å². The number of ether oxygens (including phenoxy) is 3. The van der Waals surface area contributed by atoms with Gasteiger partial charge in [0.15, 0.2) is 11.5 Å². The Kier molecular flexibility index (Phi) is 6.77. The zero-order valence-electron chi connectivity index (χ0n) is 12.4. The summed E-state index contributed by atoms with van der Waals surface area (Å²) in [6.07, 6.45) is 0. The number of Topliss-reactive ketones (excluding diaryl/α,β-unsaturated/α-hetero) is 1. The molecule has 2 N–H and O–H groups in total. The Labute approximate surface area is 123 Å². The van der Waals surface area contributed by atoms with E-state index in [1.165, 1.54) is 18.3 Å². The van der Waals surface area contributed by atoms with Gasteiger partial charge in [-0.3, -0.25) is 4.79 Å². The van der Waals surface area contributed by atoms with Gasteiger partial charge in [-0.1, -0.05) is 0 Å². The Bertz CT molecular complexity index is 440. The van der Waals surface area contributed by atoms with Gasteiger partial charge in [0, 0.05) is 34.2 Å². The van der Waals surface area contributed by atoms with Crippen molar-refractivity contribution in [2.24, 2.45) is 0 Å². The molecule has 0 aliphatic rings. The first-order valence-electron chi connectivity index (χ1n) is 6.26. The summed E-state index contributed by atoms with van der Waals surface area (Å²) >= 11 is 1.34. The molecule has 6 nitrogen and oxygen atoms in total. The van der Waals surface area contributed by atoms with Crippen LogP contribution in [0.15, 0.2) is 0 Å². The van der Waals surface area contributed by atoms with E-state index in [-0.39, 0.29) is 5.78 Å². The van der Waals surface area contributed by atoms with E-state index in [1.54, 1.807) is 21.3 Å². The van der Waals surface area contributed by atoms with Crippen LogP contribution in [0.2, 0.25) is 0 Å². The first kappa shape index (κ1) is 16.7. The van der Waals surface area contributed by atoms with Crippen LogP contribution in [-0.4, -0.2) is 53.4 Å². The molecule has 0 aliphatic heterocycles. The van der Waals surface area contributed by atoms with Crippen LogP contribution in [0.1, 0.15) is 16.6 Å². The van der Waals surface area contributed by atoms with Crippen LogP contribution in [0.3, 0.4) is 0 Å². The Hall–Kier alpha value is -1.31. The van der Waals surface area contributed by atoms with E-state index in [9.17, 15) is 4.79 Å². The molecule has 0 bridgehead atoms. The van der Waals surface area contributed by atoms with Crippen molar-refractivity contribution >= 4 is 27.8 Å². The summed E-state index contributed by atoms with van der Waals surface area (Å²) in [6.45, 7) is 3.99. The number of rotatable bonds is 9. The molecule has 7 heteroatoms. The molecule has 114 valence electrons. The standard InChI is InChI=1S/C13H22N2O4S/c1-9(16)12-10(14)11(19-4)13(20-12)15(5-7-17-2)6-8-18-3/h5-8,14H2,1-4H3. The summed E-state index contributed by atoms with van der Waals surface area (Å²) in [5.41, 5.74) is 6.39. The van der Waals surface area contributed by atoms with Crippen molar-refractivity contribution in [2.45, 2.75) is 6.92 Å². The van der Waals surface area contributed by atoms with Crippen LogP contribution >= 0.6 is 11.3 Å². The maximum absolute atomic E-state index is 11.6. The lowest BCUT2D eigenvalue weighted by Crippen LogP contribution is -2.30. The van der Waals surface area contributed by atoms with Crippen molar-refractivity contribution < 1.29 is 19.0 Å². The second-order valence-corrected chi connectivity index (χ2v) is 5.21. The maximum Gasteiger partial charge on any atom is 0.177 e. The second kappa shape index (κ2) is 8.08. The highest BCUT2D eigenvalue weighted by Gasteiger charge is 2.23.